The third kappa shape index (κ3) is 4.54. The van der Waals surface area contributed by atoms with Crippen molar-refractivity contribution in [3.05, 3.63) is 29.6 Å². The van der Waals surface area contributed by atoms with E-state index in [1.165, 1.54) is 5.56 Å². The van der Waals surface area contributed by atoms with Gasteiger partial charge in [-0.2, -0.15) is 11.8 Å². The first-order valence-corrected chi connectivity index (χ1v) is 6.96. The summed E-state index contributed by atoms with van der Waals surface area (Å²) in [5, 5.41) is 4.19. The van der Waals surface area contributed by atoms with Gasteiger partial charge in [0.2, 0.25) is 0 Å². The molecule has 1 N–H and O–H groups in total. The molecule has 0 aromatic carbocycles. The van der Waals surface area contributed by atoms with Crippen LogP contribution in [0.5, 0.6) is 0 Å². The maximum absolute atomic E-state index is 4.36. The summed E-state index contributed by atoms with van der Waals surface area (Å²) in [6.07, 6.45) is 1.99. The quantitative estimate of drug-likeness (QED) is 0.824. The molecular weight excluding hydrogens is 216 g/mol. The van der Waals surface area contributed by atoms with Gasteiger partial charge in [0, 0.05) is 23.7 Å². The fourth-order valence-corrected chi connectivity index (χ4v) is 2.38. The van der Waals surface area contributed by atoms with E-state index in [-0.39, 0.29) is 0 Å². The second kappa shape index (κ2) is 6.92. The molecule has 0 aliphatic rings. The van der Waals surface area contributed by atoms with Gasteiger partial charge in [-0.05, 0) is 30.3 Å². The summed E-state index contributed by atoms with van der Waals surface area (Å²) < 4.78 is 0. The molecule has 1 unspecified atom stereocenters. The van der Waals surface area contributed by atoms with E-state index in [1.54, 1.807) is 0 Å². The standard InChI is InChI=1S/C13H22N2S/c1-5-14-13(9-16-10(2)3)12-7-6-11(4)15-8-12/h6-8,10,13-14H,5,9H2,1-4H3. The molecule has 0 spiro atoms. The molecule has 1 atom stereocenters. The van der Waals surface area contributed by atoms with Gasteiger partial charge in [-0.1, -0.05) is 26.8 Å². The highest BCUT2D eigenvalue weighted by Crippen LogP contribution is 2.20. The Labute approximate surface area is 103 Å². The van der Waals surface area contributed by atoms with Crippen LogP contribution in [0, 0.1) is 6.92 Å². The van der Waals surface area contributed by atoms with Crippen molar-refractivity contribution in [2.24, 2.45) is 0 Å². The summed E-state index contributed by atoms with van der Waals surface area (Å²) in [7, 11) is 0. The molecule has 0 saturated heterocycles. The average Bonchev–Trinajstić information content (AvgIpc) is 2.25. The summed E-state index contributed by atoms with van der Waals surface area (Å²) in [5.74, 6) is 1.11. The number of hydrogen-bond donors (Lipinski definition) is 1. The molecule has 2 nitrogen and oxygen atoms in total. The van der Waals surface area contributed by atoms with Crippen molar-refractivity contribution in [2.75, 3.05) is 12.3 Å². The summed E-state index contributed by atoms with van der Waals surface area (Å²) in [4.78, 5) is 4.36. The molecule has 1 aromatic heterocycles. The van der Waals surface area contributed by atoms with Crippen LogP contribution in [-0.2, 0) is 0 Å². The summed E-state index contributed by atoms with van der Waals surface area (Å²) >= 11 is 1.99. The molecule has 3 heteroatoms. The molecule has 0 aliphatic carbocycles. The van der Waals surface area contributed by atoms with Crippen molar-refractivity contribution < 1.29 is 0 Å². The minimum atomic E-state index is 0.422. The Hall–Kier alpha value is -0.540. The van der Waals surface area contributed by atoms with Gasteiger partial charge < -0.3 is 5.32 Å². The fraction of sp³-hybridized carbons (Fsp3) is 0.615. The van der Waals surface area contributed by atoms with E-state index in [4.69, 9.17) is 0 Å². The first-order valence-electron chi connectivity index (χ1n) is 5.91. The number of pyridine rings is 1. The third-order valence-electron chi connectivity index (χ3n) is 2.38. The van der Waals surface area contributed by atoms with E-state index in [1.807, 2.05) is 24.9 Å². The second-order valence-corrected chi connectivity index (χ2v) is 5.83. The van der Waals surface area contributed by atoms with Gasteiger partial charge in [0.05, 0.1) is 0 Å². The Morgan fingerprint density at radius 3 is 2.62 bits per heavy atom. The van der Waals surface area contributed by atoms with Crippen molar-refractivity contribution >= 4 is 11.8 Å². The highest BCUT2D eigenvalue weighted by atomic mass is 32.2. The van der Waals surface area contributed by atoms with E-state index >= 15 is 0 Å². The molecule has 16 heavy (non-hydrogen) atoms. The van der Waals surface area contributed by atoms with Gasteiger partial charge in [-0.25, -0.2) is 0 Å². The largest absolute Gasteiger partial charge is 0.309 e. The van der Waals surface area contributed by atoms with E-state index in [9.17, 15) is 0 Å². The van der Waals surface area contributed by atoms with Gasteiger partial charge in [0.25, 0.3) is 0 Å². The minimum Gasteiger partial charge on any atom is -0.309 e. The zero-order valence-electron chi connectivity index (χ0n) is 10.7. The monoisotopic (exact) mass is 238 g/mol. The lowest BCUT2D eigenvalue weighted by atomic mass is 10.1. The highest BCUT2D eigenvalue weighted by Gasteiger charge is 2.11. The molecule has 1 rings (SSSR count). The lowest BCUT2D eigenvalue weighted by Gasteiger charge is -2.18. The summed E-state index contributed by atoms with van der Waals surface area (Å²) in [6.45, 7) is 9.64. The Bertz CT molecular complexity index is 295. The van der Waals surface area contributed by atoms with Gasteiger partial charge in [0.15, 0.2) is 0 Å². The molecule has 0 radical (unpaired) electrons. The predicted octanol–water partition coefficient (Wildman–Crippen LogP) is 3.18. The van der Waals surface area contributed by atoms with E-state index in [2.05, 4.69) is 43.2 Å². The lowest BCUT2D eigenvalue weighted by Crippen LogP contribution is -2.23. The minimum absolute atomic E-state index is 0.422. The van der Waals surface area contributed by atoms with Crippen LogP contribution in [0.2, 0.25) is 0 Å². The van der Waals surface area contributed by atoms with Gasteiger partial charge in [-0.3, -0.25) is 4.98 Å². The Morgan fingerprint density at radius 2 is 2.12 bits per heavy atom. The average molecular weight is 238 g/mol. The lowest BCUT2D eigenvalue weighted by molar-refractivity contribution is 0.603. The van der Waals surface area contributed by atoms with Crippen LogP contribution in [0.15, 0.2) is 18.3 Å². The summed E-state index contributed by atoms with van der Waals surface area (Å²) in [5.41, 5.74) is 2.37. The fourth-order valence-electron chi connectivity index (χ4n) is 1.49. The number of aromatic nitrogens is 1. The van der Waals surface area contributed by atoms with Crippen LogP contribution in [-0.4, -0.2) is 22.5 Å². The number of nitrogens with zero attached hydrogens (tertiary/aromatic N) is 1. The number of aryl methyl sites for hydroxylation is 1. The highest BCUT2D eigenvalue weighted by molar-refractivity contribution is 7.99. The zero-order valence-corrected chi connectivity index (χ0v) is 11.5. The predicted molar refractivity (Wildman–Crippen MR) is 73.0 cm³/mol. The molecule has 0 aliphatic heterocycles. The Balaban J connectivity index is 2.64. The Kier molecular flexibility index (Phi) is 5.85. The van der Waals surface area contributed by atoms with Crippen LogP contribution >= 0.6 is 11.8 Å². The van der Waals surface area contributed by atoms with Crippen LogP contribution in [0.25, 0.3) is 0 Å². The van der Waals surface area contributed by atoms with Gasteiger partial charge >= 0.3 is 0 Å². The van der Waals surface area contributed by atoms with Crippen LogP contribution in [0.4, 0.5) is 0 Å². The molecule has 0 amide bonds. The normalized spacial score (nSPS) is 13.1. The summed E-state index contributed by atoms with van der Waals surface area (Å²) in [6, 6.07) is 4.68. The van der Waals surface area contributed by atoms with Gasteiger partial charge in [0.1, 0.15) is 0 Å². The second-order valence-electron chi connectivity index (χ2n) is 4.23. The maximum atomic E-state index is 4.36. The molecular formula is C13H22N2S. The molecule has 1 heterocycles. The van der Waals surface area contributed by atoms with E-state index < -0.39 is 0 Å². The van der Waals surface area contributed by atoms with Crippen LogP contribution in [0.1, 0.15) is 38.1 Å². The van der Waals surface area contributed by atoms with Crippen molar-refractivity contribution in [1.29, 1.82) is 0 Å². The molecule has 0 fully saturated rings. The van der Waals surface area contributed by atoms with E-state index in [0.29, 0.717) is 11.3 Å². The van der Waals surface area contributed by atoms with Crippen molar-refractivity contribution in [3.63, 3.8) is 0 Å². The Morgan fingerprint density at radius 1 is 1.38 bits per heavy atom. The SMILES string of the molecule is CCNC(CSC(C)C)c1ccc(C)nc1. The first-order chi connectivity index (χ1) is 7.63. The molecule has 0 bridgehead atoms. The molecule has 1 aromatic rings. The number of rotatable bonds is 6. The maximum Gasteiger partial charge on any atom is 0.0427 e. The number of thioether (sulfide) groups is 1. The first kappa shape index (κ1) is 13.5. The third-order valence-corrected chi connectivity index (χ3v) is 3.58. The zero-order chi connectivity index (χ0) is 12.0. The number of hydrogen-bond acceptors (Lipinski definition) is 3. The molecule has 0 saturated carbocycles. The van der Waals surface area contributed by atoms with Crippen LogP contribution in [0.3, 0.4) is 0 Å². The van der Waals surface area contributed by atoms with E-state index in [0.717, 1.165) is 18.0 Å². The van der Waals surface area contributed by atoms with Crippen molar-refractivity contribution in [1.82, 2.24) is 10.3 Å². The van der Waals surface area contributed by atoms with Crippen molar-refractivity contribution in [2.45, 2.75) is 39.0 Å². The number of nitrogens with one attached hydrogen (secondary N) is 1. The topological polar surface area (TPSA) is 24.9 Å². The van der Waals surface area contributed by atoms with Gasteiger partial charge in [-0.15, -0.1) is 0 Å². The smallest absolute Gasteiger partial charge is 0.0427 e. The van der Waals surface area contributed by atoms with Crippen LogP contribution < -0.4 is 5.32 Å². The van der Waals surface area contributed by atoms with Crippen molar-refractivity contribution in [3.8, 4) is 0 Å². The molecule has 90 valence electrons.